The zero-order valence-corrected chi connectivity index (χ0v) is 14.0. The van der Waals surface area contributed by atoms with Crippen LogP contribution in [0.3, 0.4) is 0 Å². The molecule has 2 atom stereocenters. The number of benzene rings is 1. The maximum absolute atomic E-state index is 12.0. The van der Waals surface area contributed by atoms with Crippen molar-refractivity contribution in [1.29, 1.82) is 0 Å². The van der Waals surface area contributed by atoms with E-state index in [9.17, 15) is 4.79 Å². The Morgan fingerprint density at radius 3 is 2.64 bits per heavy atom. The first-order valence-corrected chi connectivity index (χ1v) is 8.80. The first kappa shape index (κ1) is 14.7. The standard InChI is InChI=1S/C19H19N3O3/c1-11-20-19(21-25-11)12-8-13-6-7-14(9-12)22(13)16-10-18(23)24-17-5-3-2-4-15(16)17/h2-5,10,12-14H,6-9H2,1H3. The summed E-state index contributed by atoms with van der Waals surface area (Å²) in [5.74, 6) is 1.78. The Morgan fingerprint density at radius 2 is 1.92 bits per heavy atom. The fourth-order valence-corrected chi connectivity index (χ4v) is 4.57. The fourth-order valence-electron chi connectivity index (χ4n) is 4.57. The van der Waals surface area contributed by atoms with Crippen LogP contribution in [-0.4, -0.2) is 22.2 Å². The normalized spacial score (nSPS) is 25.6. The Hall–Kier alpha value is -2.63. The zero-order valence-electron chi connectivity index (χ0n) is 14.0. The molecule has 0 N–H and O–H groups in total. The van der Waals surface area contributed by atoms with Gasteiger partial charge in [-0.2, -0.15) is 4.98 Å². The van der Waals surface area contributed by atoms with Gasteiger partial charge in [-0.05, 0) is 37.8 Å². The molecule has 0 saturated carbocycles. The number of piperidine rings is 1. The molecule has 2 aliphatic heterocycles. The van der Waals surface area contributed by atoms with Crippen LogP contribution in [0.25, 0.3) is 11.0 Å². The van der Waals surface area contributed by atoms with Gasteiger partial charge in [-0.25, -0.2) is 4.79 Å². The number of para-hydroxylation sites is 1. The van der Waals surface area contributed by atoms with E-state index >= 15 is 0 Å². The van der Waals surface area contributed by atoms with Crippen LogP contribution in [0.4, 0.5) is 5.69 Å². The maximum atomic E-state index is 12.0. The van der Waals surface area contributed by atoms with Crippen LogP contribution in [0, 0.1) is 6.92 Å². The van der Waals surface area contributed by atoms with Crippen LogP contribution < -0.4 is 10.5 Å². The summed E-state index contributed by atoms with van der Waals surface area (Å²) in [6.07, 6.45) is 4.24. The summed E-state index contributed by atoms with van der Waals surface area (Å²) >= 11 is 0. The molecule has 1 aromatic carbocycles. The molecule has 0 aliphatic carbocycles. The SMILES string of the molecule is Cc1nc(C2CC3CCC(C2)N3c2cc(=O)oc3ccccc23)no1. The molecule has 2 bridgehead atoms. The Bertz CT molecular complexity index is 979. The molecule has 0 radical (unpaired) electrons. The summed E-state index contributed by atoms with van der Waals surface area (Å²) < 4.78 is 10.5. The molecular formula is C19H19N3O3. The van der Waals surface area contributed by atoms with Crippen molar-refractivity contribution in [2.75, 3.05) is 4.90 Å². The highest BCUT2D eigenvalue weighted by atomic mass is 16.5. The largest absolute Gasteiger partial charge is 0.423 e. The van der Waals surface area contributed by atoms with Crippen molar-refractivity contribution in [2.24, 2.45) is 0 Å². The van der Waals surface area contributed by atoms with E-state index in [2.05, 4.69) is 15.0 Å². The van der Waals surface area contributed by atoms with Crippen molar-refractivity contribution in [3.63, 3.8) is 0 Å². The van der Waals surface area contributed by atoms with E-state index in [1.807, 2.05) is 31.2 Å². The average Bonchev–Trinajstić information content (AvgIpc) is 3.15. The van der Waals surface area contributed by atoms with Crippen LogP contribution >= 0.6 is 0 Å². The van der Waals surface area contributed by atoms with Crippen molar-refractivity contribution in [2.45, 2.75) is 50.6 Å². The lowest BCUT2D eigenvalue weighted by Gasteiger charge is -2.40. The van der Waals surface area contributed by atoms with Gasteiger partial charge in [0.2, 0.25) is 5.89 Å². The summed E-state index contributed by atoms with van der Waals surface area (Å²) in [4.78, 5) is 18.9. The minimum Gasteiger partial charge on any atom is -0.423 e. The lowest BCUT2D eigenvalue weighted by Crippen LogP contribution is -2.43. The summed E-state index contributed by atoms with van der Waals surface area (Å²) in [5.41, 5.74) is 1.37. The average molecular weight is 337 g/mol. The molecule has 25 heavy (non-hydrogen) atoms. The predicted octanol–water partition coefficient (Wildman–Crippen LogP) is 3.40. The van der Waals surface area contributed by atoms with E-state index in [0.29, 0.717) is 29.5 Å². The van der Waals surface area contributed by atoms with Crippen LogP contribution in [0.5, 0.6) is 0 Å². The Balaban J connectivity index is 1.54. The van der Waals surface area contributed by atoms with Gasteiger partial charge in [0.05, 0.1) is 5.69 Å². The van der Waals surface area contributed by atoms with Gasteiger partial charge in [0.25, 0.3) is 0 Å². The smallest absolute Gasteiger partial charge is 0.338 e. The number of anilines is 1. The van der Waals surface area contributed by atoms with Crippen molar-refractivity contribution in [1.82, 2.24) is 10.1 Å². The number of fused-ring (bicyclic) bond motifs is 3. The fraction of sp³-hybridized carbons (Fsp3) is 0.421. The first-order chi connectivity index (χ1) is 12.2. The van der Waals surface area contributed by atoms with E-state index in [1.54, 1.807) is 6.07 Å². The van der Waals surface area contributed by atoms with Crippen LogP contribution in [0.1, 0.15) is 43.3 Å². The van der Waals surface area contributed by atoms with Gasteiger partial charge in [0.15, 0.2) is 5.82 Å². The van der Waals surface area contributed by atoms with E-state index < -0.39 is 0 Å². The molecule has 6 heteroatoms. The molecule has 4 heterocycles. The van der Waals surface area contributed by atoms with Gasteiger partial charge < -0.3 is 13.8 Å². The Kier molecular flexibility index (Phi) is 3.20. The van der Waals surface area contributed by atoms with E-state index in [0.717, 1.165) is 42.6 Å². The number of aryl methyl sites for hydroxylation is 1. The van der Waals surface area contributed by atoms with Gasteiger partial charge in [0.1, 0.15) is 5.58 Å². The third-order valence-electron chi connectivity index (χ3n) is 5.55. The second kappa shape index (κ2) is 5.44. The molecule has 128 valence electrons. The van der Waals surface area contributed by atoms with Gasteiger partial charge in [-0.1, -0.05) is 17.3 Å². The third-order valence-corrected chi connectivity index (χ3v) is 5.55. The second-order valence-corrected chi connectivity index (χ2v) is 7.08. The number of hydrogen-bond donors (Lipinski definition) is 0. The minimum absolute atomic E-state index is 0.288. The topological polar surface area (TPSA) is 72.4 Å². The Morgan fingerprint density at radius 1 is 1.16 bits per heavy atom. The van der Waals surface area contributed by atoms with E-state index in [4.69, 9.17) is 8.94 Å². The molecule has 3 aromatic rings. The van der Waals surface area contributed by atoms with Gasteiger partial charge in [-0.15, -0.1) is 0 Å². The summed E-state index contributed by atoms with van der Waals surface area (Å²) in [5, 5.41) is 5.14. The van der Waals surface area contributed by atoms with E-state index in [-0.39, 0.29) is 5.63 Å². The predicted molar refractivity (Wildman–Crippen MR) is 92.8 cm³/mol. The van der Waals surface area contributed by atoms with Crippen molar-refractivity contribution in [3.8, 4) is 0 Å². The van der Waals surface area contributed by atoms with Crippen LogP contribution in [-0.2, 0) is 0 Å². The quantitative estimate of drug-likeness (QED) is 0.667. The van der Waals surface area contributed by atoms with Gasteiger partial charge in [-0.3, -0.25) is 0 Å². The minimum atomic E-state index is -0.288. The van der Waals surface area contributed by atoms with Crippen molar-refractivity contribution in [3.05, 3.63) is 52.5 Å². The lowest BCUT2D eigenvalue weighted by molar-refractivity contribution is 0.360. The molecule has 2 unspecified atom stereocenters. The number of rotatable bonds is 2. The highest BCUT2D eigenvalue weighted by Crippen LogP contribution is 2.45. The molecule has 2 aliphatic rings. The summed E-state index contributed by atoms with van der Waals surface area (Å²) in [6, 6.07) is 10.2. The third kappa shape index (κ3) is 2.35. The molecule has 2 saturated heterocycles. The second-order valence-electron chi connectivity index (χ2n) is 7.08. The number of nitrogens with zero attached hydrogens (tertiary/aromatic N) is 3. The highest BCUT2D eigenvalue weighted by Gasteiger charge is 2.43. The van der Waals surface area contributed by atoms with Crippen LogP contribution in [0.15, 0.2) is 44.1 Å². The van der Waals surface area contributed by atoms with Gasteiger partial charge in [0, 0.05) is 36.4 Å². The number of aromatic nitrogens is 2. The number of hydrogen-bond acceptors (Lipinski definition) is 6. The molecule has 6 nitrogen and oxygen atoms in total. The molecule has 5 rings (SSSR count). The summed E-state index contributed by atoms with van der Waals surface area (Å²) in [7, 11) is 0. The molecule has 2 fully saturated rings. The summed E-state index contributed by atoms with van der Waals surface area (Å²) in [6.45, 7) is 1.83. The van der Waals surface area contributed by atoms with Gasteiger partial charge >= 0.3 is 5.63 Å². The zero-order chi connectivity index (χ0) is 17.0. The first-order valence-electron chi connectivity index (χ1n) is 8.80. The van der Waals surface area contributed by atoms with Crippen LogP contribution in [0.2, 0.25) is 0 Å². The molecular weight excluding hydrogens is 318 g/mol. The van der Waals surface area contributed by atoms with E-state index in [1.165, 1.54) is 0 Å². The Labute approximate surface area is 144 Å². The highest BCUT2D eigenvalue weighted by molar-refractivity contribution is 5.90. The molecule has 0 amide bonds. The monoisotopic (exact) mass is 337 g/mol. The molecule has 0 spiro atoms. The van der Waals surface area contributed by atoms with Crippen molar-refractivity contribution < 1.29 is 8.94 Å². The molecule has 2 aromatic heterocycles. The maximum Gasteiger partial charge on any atom is 0.338 e. The lowest BCUT2D eigenvalue weighted by atomic mass is 9.89. The van der Waals surface area contributed by atoms with Crippen molar-refractivity contribution >= 4 is 16.7 Å².